The van der Waals surface area contributed by atoms with Gasteiger partial charge in [-0.05, 0) is 6.42 Å². The van der Waals surface area contributed by atoms with Gasteiger partial charge in [-0.2, -0.15) is 43.9 Å². The van der Waals surface area contributed by atoms with Crippen LogP contribution in [-0.4, -0.2) is 55.7 Å². The number of carbonyl (C=O) groups excluding carboxylic acids is 1. The van der Waals surface area contributed by atoms with Gasteiger partial charge in [-0.25, -0.2) is 13.2 Å². The fraction of sp³-hybridized carbons (Fsp3) is 0.909. The highest BCUT2D eigenvalue weighted by atomic mass is 35.5. The molecule has 1 atom stereocenters. The average molecular weight is 465 g/mol. The second-order valence-electron chi connectivity index (χ2n) is 5.19. The van der Waals surface area contributed by atoms with Crippen molar-refractivity contribution in [1.82, 2.24) is 0 Å². The van der Waals surface area contributed by atoms with Crippen molar-refractivity contribution in [2.24, 2.45) is 0 Å². The van der Waals surface area contributed by atoms with E-state index in [4.69, 9.17) is 11.6 Å². The van der Waals surface area contributed by atoms with Gasteiger partial charge in [0.1, 0.15) is 0 Å². The second kappa shape index (κ2) is 7.79. The van der Waals surface area contributed by atoms with Crippen molar-refractivity contribution in [3.8, 4) is 0 Å². The summed E-state index contributed by atoms with van der Waals surface area (Å²) in [4.78, 5) is 11.5. The number of hydrogen-bond acceptors (Lipinski definition) is 4. The lowest BCUT2D eigenvalue weighted by Crippen LogP contribution is -2.48. The van der Waals surface area contributed by atoms with Crippen molar-refractivity contribution in [2.45, 2.75) is 47.7 Å². The molecule has 0 radical (unpaired) electrons. The van der Waals surface area contributed by atoms with E-state index in [9.17, 15) is 57.1 Å². The Kier molecular flexibility index (Phi) is 7.51. The fourth-order valence-electron chi connectivity index (χ4n) is 1.56. The average Bonchev–Trinajstić information content (AvgIpc) is 2.47. The Morgan fingerprint density at radius 1 is 0.815 bits per heavy atom. The number of alkyl halides is 11. The highest BCUT2D eigenvalue weighted by Gasteiger charge is 2.62. The van der Waals surface area contributed by atoms with Crippen LogP contribution in [0.4, 0.5) is 43.9 Å². The van der Waals surface area contributed by atoms with Gasteiger partial charge in [0, 0.05) is 12.8 Å². The fourth-order valence-corrected chi connectivity index (χ4v) is 3.56. The molecule has 4 nitrogen and oxygen atoms in total. The first-order chi connectivity index (χ1) is 11.6. The van der Waals surface area contributed by atoms with Gasteiger partial charge in [0.25, 0.3) is 0 Å². The third-order valence-electron chi connectivity index (χ3n) is 3.26. The molecule has 0 aromatic rings. The van der Waals surface area contributed by atoms with Crippen molar-refractivity contribution in [2.75, 3.05) is 12.9 Å². The van der Waals surface area contributed by atoms with Crippen molar-refractivity contribution in [3.05, 3.63) is 0 Å². The van der Waals surface area contributed by atoms with Gasteiger partial charge in [-0.15, -0.1) is 0 Å². The molecule has 0 spiro atoms. The number of esters is 1. The number of ether oxygens (including phenoxy) is 1. The maximum absolute atomic E-state index is 12.9. The third kappa shape index (κ3) is 5.74. The Bertz CT molecular complexity index is 643. The van der Waals surface area contributed by atoms with Crippen LogP contribution in [0.1, 0.15) is 19.3 Å². The summed E-state index contributed by atoms with van der Waals surface area (Å²) in [5, 5.41) is 0. The summed E-state index contributed by atoms with van der Waals surface area (Å²) in [7, 11) is -5.14. The number of methoxy groups -OCH3 is 1. The molecule has 162 valence electrons. The van der Waals surface area contributed by atoms with Gasteiger partial charge in [0.15, 0.2) is 9.84 Å². The number of hydrogen-bond donors (Lipinski definition) is 0. The normalized spacial score (nSPS) is 16.7. The van der Waals surface area contributed by atoms with E-state index in [1.165, 1.54) is 0 Å². The molecule has 0 bridgehead atoms. The molecule has 0 saturated carbocycles. The van der Waals surface area contributed by atoms with Crippen LogP contribution >= 0.6 is 11.6 Å². The Balaban J connectivity index is 5.70. The zero-order chi connectivity index (χ0) is 22.1. The lowest BCUT2D eigenvalue weighted by molar-refractivity contribution is -0.284. The monoisotopic (exact) mass is 464 g/mol. The smallest absolute Gasteiger partial charge is 0.453 e. The number of halogens is 11. The molecule has 1 unspecified atom stereocenters. The number of rotatable bonds is 8. The Morgan fingerprint density at radius 3 is 1.52 bits per heavy atom. The van der Waals surface area contributed by atoms with Crippen LogP contribution < -0.4 is 0 Å². The highest BCUT2D eigenvalue weighted by Crippen LogP contribution is 2.44. The molecule has 0 amide bonds. The molecular weight excluding hydrogens is 454 g/mol. The van der Waals surface area contributed by atoms with Crippen molar-refractivity contribution < 1.29 is 61.9 Å². The zero-order valence-electron chi connectivity index (χ0n) is 13.0. The Labute approximate surface area is 150 Å². The SMILES string of the molecule is COC(=O)C(Cl)(CCC(F)(F)C(F)(F)F)S(=O)(=O)CCC(F)(F)C(F)(F)F. The summed E-state index contributed by atoms with van der Waals surface area (Å²) in [6.07, 6.45) is -19.1. The minimum Gasteiger partial charge on any atom is -0.467 e. The predicted molar refractivity (Wildman–Crippen MR) is 70.2 cm³/mol. The Morgan fingerprint density at radius 2 is 1.19 bits per heavy atom. The molecule has 0 fully saturated rings. The Hall–Kier alpha value is -0.990. The molecule has 0 heterocycles. The lowest BCUT2D eigenvalue weighted by Gasteiger charge is -2.28. The van der Waals surface area contributed by atoms with E-state index in [1.54, 1.807) is 0 Å². The minimum atomic E-state index is -6.17. The summed E-state index contributed by atoms with van der Waals surface area (Å²) >= 11 is 5.29. The summed E-state index contributed by atoms with van der Waals surface area (Å²) in [6.45, 7) is 0. The molecule has 0 saturated heterocycles. The minimum absolute atomic E-state index is 0.446. The van der Waals surface area contributed by atoms with Gasteiger partial charge in [0.05, 0.1) is 12.9 Å². The standard InChI is InChI=1S/C11H11ClF10O4S/c1-26-6(23)7(12,2-3-8(13,14)10(17,18)19)27(24,25)5-4-9(15,16)11(20,21)22/h2-5H2,1H3. The van der Waals surface area contributed by atoms with Gasteiger partial charge < -0.3 is 4.74 Å². The van der Waals surface area contributed by atoms with E-state index in [2.05, 4.69) is 4.74 Å². The largest absolute Gasteiger partial charge is 0.467 e. The maximum atomic E-state index is 12.9. The van der Waals surface area contributed by atoms with Crippen molar-refractivity contribution >= 4 is 27.4 Å². The first-order valence-corrected chi connectivity index (χ1v) is 8.56. The van der Waals surface area contributed by atoms with Crippen LogP contribution in [0.5, 0.6) is 0 Å². The van der Waals surface area contributed by atoms with Crippen LogP contribution in [0.3, 0.4) is 0 Å². The van der Waals surface area contributed by atoms with Crippen molar-refractivity contribution in [3.63, 3.8) is 0 Å². The summed E-state index contributed by atoms with van der Waals surface area (Å²) < 4.78 is 148. The van der Waals surface area contributed by atoms with Gasteiger partial charge >= 0.3 is 30.2 Å². The predicted octanol–water partition coefficient (Wildman–Crippen LogP) is 4.07. The molecule has 0 aliphatic carbocycles. The summed E-state index contributed by atoms with van der Waals surface area (Å²) in [5.74, 6) is -15.3. The molecule has 0 aliphatic heterocycles. The summed E-state index contributed by atoms with van der Waals surface area (Å²) in [6, 6.07) is 0. The molecule has 0 N–H and O–H groups in total. The molecule has 0 aromatic carbocycles. The van der Waals surface area contributed by atoms with E-state index in [1.807, 2.05) is 0 Å². The van der Waals surface area contributed by atoms with Crippen molar-refractivity contribution in [1.29, 1.82) is 0 Å². The zero-order valence-corrected chi connectivity index (χ0v) is 14.6. The quantitative estimate of drug-likeness (QED) is 0.309. The molecule has 0 aliphatic rings. The van der Waals surface area contributed by atoms with Gasteiger partial charge in [0.2, 0.25) is 4.21 Å². The van der Waals surface area contributed by atoms with Crippen LogP contribution in [0, 0.1) is 0 Å². The maximum Gasteiger partial charge on any atom is 0.453 e. The second-order valence-corrected chi connectivity index (χ2v) is 8.40. The van der Waals surface area contributed by atoms with E-state index < -0.39 is 69.2 Å². The van der Waals surface area contributed by atoms with Crippen LogP contribution in [0.15, 0.2) is 0 Å². The van der Waals surface area contributed by atoms with Crippen LogP contribution in [0.2, 0.25) is 0 Å². The molecule has 27 heavy (non-hydrogen) atoms. The van der Waals surface area contributed by atoms with E-state index in [-0.39, 0.29) is 0 Å². The van der Waals surface area contributed by atoms with E-state index in [0.717, 1.165) is 0 Å². The van der Waals surface area contributed by atoms with Gasteiger partial charge in [-0.3, -0.25) is 0 Å². The van der Waals surface area contributed by atoms with Crippen LogP contribution in [0.25, 0.3) is 0 Å². The first-order valence-electron chi connectivity index (χ1n) is 6.53. The number of carbonyl (C=O) groups is 1. The van der Waals surface area contributed by atoms with Crippen LogP contribution in [-0.2, 0) is 19.4 Å². The van der Waals surface area contributed by atoms with E-state index >= 15 is 0 Å². The lowest BCUT2D eigenvalue weighted by atomic mass is 10.1. The third-order valence-corrected chi connectivity index (χ3v) is 6.40. The van der Waals surface area contributed by atoms with Gasteiger partial charge in [-0.1, -0.05) is 11.6 Å². The number of sulfone groups is 1. The highest BCUT2D eigenvalue weighted by molar-refractivity contribution is 7.95. The molecule has 16 heteroatoms. The topological polar surface area (TPSA) is 60.4 Å². The molecular formula is C11H11ClF10O4S. The first kappa shape index (κ1) is 26.0. The van der Waals surface area contributed by atoms with E-state index in [0.29, 0.717) is 7.11 Å². The molecule has 0 aromatic heterocycles. The summed E-state index contributed by atoms with van der Waals surface area (Å²) in [5.41, 5.74) is 0. The molecule has 0 rings (SSSR count).